The van der Waals surface area contributed by atoms with E-state index in [1.54, 1.807) is 0 Å². The standard InChI is InChI=1S/C16H21F3N2O3/c1-23-7-8-24-14-5-4-12(16(17,18)19)9-13(14)21-15(22)11-3-2-6-20-10-11/h4-5,9,11,20H,2-3,6-8,10H2,1H3,(H,21,22). The Kier molecular flexibility index (Phi) is 6.44. The van der Waals surface area contributed by atoms with E-state index in [-0.39, 0.29) is 29.9 Å². The van der Waals surface area contributed by atoms with Gasteiger partial charge in [0.15, 0.2) is 0 Å². The van der Waals surface area contributed by atoms with Crippen LogP contribution in [0.1, 0.15) is 18.4 Å². The quantitative estimate of drug-likeness (QED) is 0.778. The predicted molar refractivity (Wildman–Crippen MR) is 83.0 cm³/mol. The molecule has 0 radical (unpaired) electrons. The van der Waals surface area contributed by atoms with Gasteiger partial charge in [-0.05, 0) is 37.6 Å². The molecule has 1 aromatic carbocycles. The molecule has 1 aromatic rings. The van der Waals surface area contributed by atoms with Gasteiger partial charge in [0.25, 0.3) is 0 Å². The van der Waals surface area contributed by atoms with Crippen LogP contribution in [-0.2, 0) is 15.7 Å². The van der Waals surface area contributed by atoms with E-state index in [0.717, 1.165) is 25.1 Å². The van der Waals surface area contributed by atoms with Crippen LogP contribution in [0.15, 0.2) is 18.2 Å². The predicted octanol–water partition coefficient (Wildman–Crippen LogP) is 2.67. The van der Waals surface area contributed by atoms with E-state index >= 15 is 0 Å². The molecule has 1 aliphatic rings. The molecule has 0 saturated carbocycles. The zero-order chi connectivity index (χ0) is 17.6. The summed E-state index contributed by atoms with van der Waals surface area (Å²) in [6, 6.07) is 3.05. The molecule has 24 heavy (non-hydrogen) atoms. The first-order valence-electron chi connectivity index (χ1n) is 7.76. The molecule has 1 fully saturated rings. The minimum atomic E-state index is -4.49. The summed E-state index contributed by atoms with van der Waals surface area (Å²) in [5.41, 5.74) is -0.810. The second-order valence-electron chi connectivity index (χ2n) is 5.58. The largest absolute Gasteiger partial charge is 0.489 e. The number of hydrogen-bond acceptors (Lipinski definition) is 4. The Balaban J connectivity index is 2.17. The van der Waals surface area contributed by atoms with E-state index in [0.29, 0.717) is 19.6 Å². The third-order valence-corrected chi connectivity index (χ3v) is 3.78. The van der Waals surface area contributed by atoms with Crippen LogP contribution in [0.2, 0.25) is 0 Å². The zero-order valence-corrected chi connectivity index (χ0v) is 13.4. The van der Waals surface area contributed by atoms with Crippen LogP contribution in [0.4, 0.5) is 18.9 Å². The summed E-state index contributed by atoms with van der Waals surface area (Å²) in [4.78, 5) is 12.3. The van der Waals surface area contributed by atoms with Crippen molar-refractivity contribution in [2.45, 2.75) is 19.0 Å². The molecule has 5 nitrogen and oxygen atoms in total. The molecule has 0 spiro atoms. The number of methoxy groups -OCH3 is 1. The molecule has 1 heterocycles. The first-order chi connectivity index (χ1) is 11.4. The van der Waals surface area contributed by atoms with Crippen LogP contribution >= 0.6 is 0 Å². The highest BCUT2D eigenvalue weighted by molar-refractivity contribution is 5.94. The number of rotatable bonds is 6. The lowest BCUT2D eigenvalue weighted by atomic mass is 9.98. The number of piperidine rings is 1. The van der Waals surface area contributed by atoms with Crippen molar-refractivity contribution in [2.24, 2.45) is 5.92 Å². The molecule has 1 unspecified atom stereocenters. The van der Waals surface area contributed by atoms with Crippen LogP contribution < -0.4 is 15.4 Å². The molecule has 0 aliphatic carbocycles. The van der Waals surface area contributed by atoms with Gasteiger partial charge in [-0.1, -0.05) is 0 Å². The highest BCUT2D eigenvalue weighted by Crippen LogP contribution is 2.35. The van der Waals surface area contributed by atoms with Gasteiger partial charge in [0.1, 0.15) is 12.4 Å². The summed E-state index contributed by atoms with van der Waals surface area (Å²) in [6.07, 6.45) is -2.92. The summed E-state index contributed by atoms with van der Waals surface area (Å²) >= 11 is 0. The molecule has 8 heteroatoms. The maximum atomic E-state index is 12.9. The minimum Gasteiger partial charge on any atom is -0.489 e. The number of halogens is 3. The van der Waals surface area contributed by atoms with Crippen molar-refractivity contribution in [2.75, 3.05) is 38.7 Å². The average Bonchev–Trinajstić information content (AvgIpc) is 2.56. The van der Waals surface area contributed by atoms with Crippen molar-refractivity contribution in [1.29, 1.82) is 0 Å². The average molecular weight is 346 g/mol. The van der Waals surface area contributed by atoms with Crippen LogP contribution in [0.5, 0.6) is 5.75 Å². The lowest BCUT2D eigenvalue weighted by Gasteiger charge is -2.23. The normalized spacial score (nSPS) is 18.2. The Hall–Kier alpha value is -1.80. The molecular formula is C16H21F3N2O3. The Labute approximate surface area is 138 Å². The number of nitrogens with one attached hydrogen (secondary N) is 2. The van der Waals surface area contributed by atoms with E-state index in [1.165, 1.54) is 13.2 Å². The van der Waals surface area contributed by atoms with Gasteiger partial charge in [0.2, 0.25) is 5.91 Å². The molecule has 0 aromatic heterocycles. The number of hydrogen-bond donors (Lipinski definition) is 2. The first kappa shape index (κ1) is 18.5. The van der Waals surface area contributed by atoms with Gasteiger partial charge in [0.05, 0.1) is 23.8 Å². The maximum absolute atomic E-state index is 12.9. The molecule has 1 saturated heterocycles. The number of carbonyl (C=O) groups is 1. The Bertz CT molecular complexity index is 558. The number of anilines is 1. The highest BCUT2D eigenvalue weighted by Gasteiger charge is 2.32. The van der Waals surface area contributed by atoms with Gasteiger partial charge in [-0.3, -0.25) is 4.79 Å². The Morgan fingerprint density at radius 2 is 2.17 bits per heavy atom. The van der Waals surface area contributed by atoms with Crippen molar-refractivity contribution >= 4 is 11.6 Å². The third kappa shape index (κ3) is 5.10. The summed E-state index contributed by atoms with van der Waals surface area (Å²) in [6.45, 7) is 1.83. The molecule has 0 bridgehead atoms. The molecule has 1 atom stereocenters. The van der Waals surface area contributed by atoms with Crippen LogP contribution in [0.25, 0.3) is 0 Å². The summed E-state index contributed by atoms with van der Waals surface area (Å²) < 4.78 is 49.0. The van der Waals surface area contributed by atoms with Crippen molar-refractivity contribution in [3.05, 3.63) is 23.8 Å². The van der Waals surface area contributed by atoms with Crippen LogP contribution in [-0.4, -0.2) is 39.3 Å². The Morgan fingerprint density at radius 3 is 2.79 bits per heavy atom. The number of alkyl halides is 3. The number of amides is 1. The monoisotopic (exact) mass is 346 g/mol. The molecule has 134 valence electrons. The van der Waals surface area contributed by atoms with Gasteiger partial charge in [-0.25, -0.2) is 0 Å². The second-order valence-corrected chi connectivity index (χ2v) is 5.58. The molecular weight excluding hydrogens is 325 g/mol. The fourth-order valence-electron chi connectivity index (χ4n) is 2.48. The second kappa shape index (κ2) is 8.34. The minimum absolute atomic E-state index is 0.0245. The van der Waals surface area contributed by atoms with Crippen molar-refractivity contribution in [3.63, 3.8) is 0 Å². The number of carbonyl (C=O) groups excluding carboxylic acids is 1. The van der Waals surface area contributed by atoms with E-state index in [2.05, 4.69) is 10.6 Å². The number of ether oxygens (including phenoxy) is 2. The third-order valence-electron chi connectivity index (χ3n) is 3.78. The van der Waals surface area contributed by atoms with Crippen molar-refractivity contribution in [3.8, 4) is 5.75 Å². The molecule has 1 aliphatic heterocycles. The fraction of sp³-hybridized carbons (Fsp3) is 0.562. The van der Waals surface area contributed by atoms with E-state index in [4.69, 9.17) is 9.47 Å². The molecule has 2 N–H and O–H groups in total. The fourth-order valence-corrected chi connectivity index (χ4v) is 2.48. The lowest BCUT2D eigenvalue weighted by molar-refractivity contribution is -0.137. The van der Waals surface area contributed by atoms with E-state index < -0.39 is 11.7 Å². The van der Waals surface area contributed by atoms with E-state index in [1.807, 2.05) is 0 Å². The van der Waals surface area contributed by atoms with Gasteiger partial charge in [-0.15, -0.1) is 0 Å². The smallest absolute Gasteiger partial charge is 0.416 e. The highest BCUT2D eigenvalue weighted by atomic mass is 19.4. The van der Waals surface area contributed by atoms with Gasteiger partial charge in [0, 0.05) is 13.7 Å². The van der Waals surface area contributed by atoms with Gasteiger partial charge >= 0.3 is 6.18 Å². The van der Waals surface area contributed by atoms with Gasteiger partial charge < -0.3 is 20.1 Å². The lowest BCUT2D eigenvalue weighted by Crippen LogP contribution is -2.37. The van der Waals surface area contributed by atoms with Crippen molar-refractivity contribution < 1.29 is 27.4 Å². The summed E-state index contributed by atoms with van der Waals surface area (Å²) in [5, 5.41) is 5.68. The van der Waals surface area contributed by atoms with Gasteiger partial charge in [-0.2, -0.15) is 13.2 Å². The van der Waals surface area contributed by atoms with Crippen LogP contribution in [0.3, 0.4) is 0 Å². The van der Waals surface area contributed by atoms with E-state index in [9.17, 15) is 18.0 Å². The van der Waals surface area contributed by atoms with Crippen molar-refractivity contribution in [1.82, 2.24) is 5.32 Å². The maximum Gasteiger partial charge on any atom is 0.416 e. The SMILES string of the molecule is COCCOc1ccc(C(F)(F)F)cc1NC(=O)C1CCCNC1. The first-order valence-corrected chi connectivity index (χ1v) is 7.76. The van der Waals surface area contributed by atoms with Crippen LogP contribution in [0, 0.1) is 5.92 Å². The topological polar surface area (TPSA) is 59.6 Å². The zero-order valence-electron chi connectivity index (χ0n) is 13.4. The summed E-state index contributed by atoms with van der Waals surface area (Å²) in [5.74, 6) is -0.379. The molecule has 1 amide bonds. The molecule has 2 rings (SSSR count). The Morgan fingerprint density at radius 1 is 1.38 bits per heavy atom. The summed E-state index contributed by atoms with van der Waals surface area (Å²) in [7, 11) is 1.49. The number of benzene rings is 1.